The SMILES string of the molecule is Cc1cc(F)ccc1NC(=O)[C@@H](NS(=O)(=O)c1cccs1)C(C)C. The predicted molar refractivity (Wildman–Crippen MR) is 93.0 cm³/mol. The first kappa shape index (κ1) is 18.6. The lowest BCUT2D eigenvalue weighted by molar-refractivity contribution is -0.118. The van der Waals surface area contributed by atoms with E-state index in [4.69, 9.17) is 0 Å². The van der Waals surface area contributed by atoms with Crippen LogP contribution in [0.2, 0.25) is 0 Å². The summed E-state index contributed by atoms with van der Waals surface area (Å²) in [6.07, 6.45) is 0. The Morgan fingerprint density at radius 3 is 2.50 bits per heavy atom. The van der Waals surface area contributed by atoms with E-state index in [1.165, 1.54) is 24.3 Å². The highest BCUT2D eigenvalue weighted by atomic mass is 32.2. The number of hydrogen-bond acceptors (Lipinski definition) is 4. The number of carbonyl (C=O) groups excluding carboxylic acids is 1. The summed E-state index contributed by atoms with van der Waals surface area (Å²) in [7, 11) is -3.77. The van der Waals surface area contributed by atoms with Crippen LogP contribution in [0.1, 0.15) is 19.4 Å². The van der Waals surface area contributed by atoms with E-state index >= 15 is 0 Å². The number of hydrogen-bond donors (Lipinski definition) is 2. The molecule has 0 radical (unpaired) electrons. The molecule has 0 saturated heterocycles. The number of halogens is 1. The van der Waals surface area contributed by atoms with Gasteiger partial charge >= 0.3 is 0 Å². The topological polar surface area (TPSA) is 75.3 Å². The minimum atomic E-state index is -3.77. The molecule has 1 atom stereocenters. The second-order valence-electron chi connectivity index (χ2n) is 5.72. The Hall–Kier alpha value is -1.77. The van der Waals surface area contributed by atoms with Crippen LogP contribution in [0.4, 0.5) is 10.1 Å². The van der Waals surface area contributed by atoms with Crippen LogP contribution < -0.4 is 10.0 Å². The lowest BCUT2D eigenvalue weighted by Crippen LogP contribution is -2.46. The normalized spacial score (nSPS) is 13.0. The molecule has 24 heavy (non-hydrogen) atoms. The second kappa shape index (κ2) is 7.42. The molecule has 0 spiro atoms. The Kier molecular flexibility index (Phi) is 5.74. The molecule has 1 aromatic carbocycles. The molecule has 2 N–H and O–H groups in total. The Morgan fingerprint density at radius 1 is 1.25 bits per heavy atom. The zero-order chi connectivity index (χ0) is 17.9. The Labute approximate surface area is 145 Å². The van der Waals surface area contributed by atoms with Crippen LogP contribution in [0.25, 0.3) is 0 Å². The van der Waals surface area contributed by atoms with Crippen molar-refractivity contribution in [1.29, 1.82) is 0 Å². The van der Waals surface area contributed by atoms with E-state index < -0.39 is 27.8 Å². The predicted octanol–water partition coefficient (Wildman–Crippen LogP) is 3.14. The smallest absolute Gasteiger partial charge is 0.250 e. The lowest BCUT2D eigenvalue weighted by atomic mass is 10.0. The number of aryl methyl sites for hydroxylation is 1. The quantitative estimate of drug-likeness (QED) is 0.820. The van der Waals surface area contributed by atoms with Gasteiger partial charge in [-0.2, -0.15) is 4.72 Å². The molecule has 5 nitrogen and oxygen atoms in total. The van der Waals surface area contributed by atoms with Gasteiger partial charge in [0.1, 0.15) is 16.1 Å². The molecule has 0 aliphatic heterocycles. The molecule has 2 aromatic rings. The van der Waals surface area contributed by atoms with Crippen LogP contribution in [-0.2, 0) is 14.8 Å². The number of benzene rings is 1. The summed E-state index contributed by atoms with van der Waals surface area (Å²) in [6.45, 7) is 5.16. The third kappa shape index (κ3) is 4.40. The van der Waals surface area contributed by atoms with Crippen LogP contribution in [0.3, 0.4) is 0 Å². The number of thiophene rings is 1. The Bertz CT molecular complexity index is 818. The van der Waals surface area contributed by atoms with E-state index in [0.29, 0.717) is 11.3 Å². The summed E-state index contributed by atoms with van der Waals surface area (Å²) in [5.74, 6) is -1.15. The second-order valence-corrected chi connectivity index (χ2v) is 8.61. The molecule has 0 bridgehead atoms. The zero-order valence-electron chi connectivity index (χ0n) is 13.5. The molecule has 1 heterocycles. The van der Waals surface area contributed by atoms with E-state index in [9.17, 15) is 17.6 Å². The molecule has 130 valence electrons. The van der Waals surface area contributed by atoms with Gasteiger partial charge in [-0.15, -0.1) is 11.3 Å². The molecule has 0 saturated carbocycles. The summed E-state index contributed by atoms with van der Waals surface area (Å²) in [6, 6.07) is 6.16. The van der Waals surface area contributed by atoms with Crippen molar-refractivity contribution in [1.82, 2.24) is 4.72 Å². The minimum Gasteiger partial charge on any atom is -0.324 e. The van der Waals surface area contributed by atoms with E-state index in [1.54, 1.807) is 32.2 Å². The van der Waals surface area contributed by atoms with Gasteiger partial charge in [0.05, 0.1) is 0 Å². The maximum atomic E-state index is 13.1. The van der Waals surface area contributed by atoms with Crippen LogP contribution in [0, 0.1) is 18.7 Å². The Balaban J connectivity index is 2.19. The fourth-order valence-electron chi connectivity index (χ4n) is 2.11. The van der Waals surface area contributed by atoms with Crippen molar-refractivity contribution in [3.05, 3.63) is 47.1 Å². The lowest BCUT2D eigenvalue weighted by Gasteiger charge is -2.21. The molecule has 0 unspecified atom stereocenters. The molecule has 1 amide bonds. The number of anilines is 1. The summed E-state index contributed by atoms with van der Waals surface area (Å²) in [4.78, 5) is 12.5. The van der Waals surface area contributed by atoms with E-state index in [-0.39, 0.29) is 10.1 Å². The average molecular weight is 370 g/mol. The van der Waals surface area contributed by atoms with Crippen LogP contribution in [0.15, 0.2) is 39.9 Å². The van der Waals surface area contributed by atoms with Gasteiger partial charge in [-0.05, 0) is 48.1 Å². The van der Waals surface area contributed by atoms with Gasteiger partial charge < -0.3 is 5.32 Å². The van der Waals surface area contributed by atoms with Crippen molar-refractivity contribution in [3.8, 4) is 0 Å². The summed E-state index contributed by atoms with van der Waals surface area (Å²) in [5.41, 5.74) is 1.01. The monoisotopic (exact) mass is 370 g/mol. The van der Waals surface area contributed by atoms with Gasteiger partial charge in [0, 0.05) is 5.69 Å². The minimum absolute atomic E-state index is 0.152. The third-order valence-electron chi connectivity index (χ3n) is 3.44. The van der Waals surface area contributed by atoms with E-state index in [2.05, 4.69) is 10.0 Å². The molecular weight excluding hydrogens is 351 g/mol. The Morgan fingerprint density at radius 2 is 1.96 bits per heavy atom. The average Bonchev–Trinajstić information content (AvgIpc) is 3.02. The molecule has 0 aliphatic carbocycles. The van der Waals surface area contributed by atoms with Crippen molar-refractivity contribution in [2.24, 2.45) is 5.92 Å². The van der Waals surface area contributed by atoms with E-state index in [0.717, 1.165) is 11.3 Å². The highest BCUT2D eigenvalue weighted by Crippen LogP contribution is 2.19. The highest BCUT2D eigenvalue weighted by Gasteiger charge is 2.29. The van der Waals surface area contributed by atoms with Crippen LogP contribution >= 0.6 is 11.3 Å². The van der Waals surface area contributed by atoms with Gasteiger partial charge in [-0.3, -0.25) is 4.79 Å². The number of sulfonamides is 1. The molecule has 1 aromatic heterocycles. The van der Waals surface area contributed by atoms with E-state index in [1.807, 2.05) is 0 Å². The first-order valence-corrected chi connectivity index (χ1v) is 9.70. The fraction of sp³-hybridized carbons (Fsp3) is 0.312. The molecule has 0 fully saturated rings. The van der Waals surface area contributed by atoms with Crippen LogP contribution in [-0.4, -0.2) is 20.4 Å². The standard InChI is InChI=1S/C16H19FN2O3S2/c1-10(2)15(19-24(21,22)14-5-4-8-23-14)16(20)18-13-7-6-12(17)9-11(13)3/h4-10,15,19H,1-3H3,(H,18,20)/t15-/m0/s1. The first-order chi connectivity index (χ1) is 11.2. The van der Waals surface area contributed by atoms with Crippen molar-refractivity contribution in [2.75, 3.05) is 5.32 Å². The van der Waals surface area contributed by atoms with Gasteiger partial charge in [0.25, 0.3) is 10.0 Å². The van der Waals surface area contributed by atoms with Crippen molar-refractivity contribution in [3.63, 3.8) is 0 Å². The van der Waals surface area contributed by atoms with Crippen molar-refractivity contribution in [2.45, 2.75) is 31.0 Å². The molecule has 2 rings (SSSR count). The number of rotatable bonds is 6. The maximum absolute atomic E-state index is 13.1. The van der Waals surface area contributed by atoms with Gasteiger partial charge in [-0.25, -0.2) is 12.8 Å². The largest absolute Gasteiger partial charge is 0.324 e. The fourth-order valence-corrected chi connectivity index (χ4v) is 4.47. The summed E-state index contributed by atoms with van der Waals surface area (Å²) >= 11 is 1.08. The third-order valence-corrected chi connectivity index (χ3v) is 6.28. The van der Waals surface area contributed by atoms with Gasteiger partial charge in [-0.1, -0.05) is 19.9 Å². The number of carbonyl (C=O) groups is 1. The summed E-state index contributed by atoms with van der Waals surface area (Å²) in [5, 5.41) is 4.31. The molecule has 8 heteroatoms. The van der Waals surface area contributed by atoms with Gasteiger partial charge in [0.15, 0.2) is 0 Å². The first-order valence-electron chi connectivity index (χ1n) is 7.33. The maximum Gasteiger partial charge on any atom is 0.250 e. The number of amides is 1. The van der Waals surface area contributed by atoms with Crippen LogP contribution in [0.5, 0.6) is 0 Å². The molecular formula is C16H19FN2O3S2. The summed E-state index contributed by atoms with van der Waals surface area (Å²) < 4.78 is 40.4. The van der Waals surface area contributed by atoms with Crippen molar-refractivity contribution < 1.29 is 17.6 Å². The number of nitrogens with one attached hydrogen (secondary N) is 2. The van der Waals surface area contributed by atoms with Gasteiger partial charge in [0.2, 0.25) is 5.91 Å². The van der Waals surface area contributed by atoms with Crippen molar-refractivity contribution >= 4 is 33.0 Å². The molecule has 0 aliphatic rings. The highest BCUT2D eigenvalue weighted by molar-refractivity contribution is 7.91. The zero-order valence-corrected chi connectivity index (χ0v) is 15.2.